The number of carbonyl (C=O) groups excluding carboxylic acids is 6. The van der Waals surface area contributed by atoms with E-state index in [2.05, 4.69) is 10.6 Å². The van der Waals surface area contributed by atoms with Gasteiger partial charge in [0.1, 0.15) is 13.1 Å². The first kappa shape index (κ1) is 22.7. The lowest BCUT2D eigenvalue weighted by Crippen LogP contribution is -2.37. The number of hydrogen-bond donors (Lipinski definition) is 2. The molecule has 5 rings (SSSR count). The van der Waals surface area contributed by atoms with Gasteiger partial charge in [0.25, 0.3) is 23.6 Å². The van der Waals surface area contributed by atoms with E-state index in [-0.39, 0.29) is 22.3 Å². The van der Waals surface area contributed by atoms with Crippen LogP contribution in [0.2, 0.25) is 0 Å². The average molecular weight is 482 g/mol. The molecule has 0 atom stereocenters. The van der Waals surface area contributed by atoms with Gasteiger partial charge >= 0.3 is 0 Å². The monoisotopic (exact) mass is 482 g/mol. The average Bonchev–Trinajstić information content (AvgIpc) is 3.26. The van der Waals surface area contributed by atoms with Crippen LogP contribution >= 0.6 is 0 Å². The smallest absolute Gasteiger partial charge is 0.262 e. The fourth-order valence-electron chi connectivity index (χ4n) is 4.09. The minimum atomic E-state index is -0.563. The van der Waals surface area contributed by atoms with E-state index in [0.29, 0.717) is 11.4 Å². The second-order valence-corrected chi connectivity index (χ2v) is 8.16. The molecule has 10 heteroatoms. The molecule has 36 heavy (non-hydrogen) atoms. The van der Waals surface area contributed by atoms with Crippen LogP contribution in [0.5, 0.6) is 0 Å². The van der Waals surface area contributed by atoms with Crippen LogP contribution < -0.4 is 10.6 Å². The molecule has 178 valence electrons. The highest BCUT2D eigenvalue weighted by atomic mass is 16.2. The van der Waals surface area contributed by atoms with Gasteiger partial charge in [-0.05, 0) is 48.5 Å². The number of amides is 6. The summed E-state index contributed by atoms with van der Waals surface area (Å²) in [7, 11) is 0. The van der Waals surface area contributed by atoms with Crippen LogP contribution in [0.15, 0.2) is 72.8 Å². The number of benzene rings is 3. The van der Waals surface area contributed by atoms with Crippen LogP contribution in [0.4, 0.5) is 11.4 Å². The lowest BCUT2D eigenvalue weighted by atomic mass is 10.1. The van der Waals surface area contributed by atoms with E-state index >= 15 is 0 Å². The van der Waals surface area contributed by atoms with Crippen LogP contribution in [0.1, 0.15) is 41.4 Å². The molecule has 0 saturated carbocycles. The molecule has 3 aromatic rings. The highest BCUT2D eigenvalue weighted by Gasteiger charge is 2.37. The van der Waals surface area contributed by atoms with Crippen molar-refractivity contribution in [3.05, 3.63) is 95.1 Å². The highest BCUT2D eigenvalue weighted by molar-refractivity contribution is 6.23. The SMILES string of the molecule is O=C(CN1C(=O)c2ccccc2C1=O)Nc1ccc(NC(=O)CN2C(=O)c3ccccc3C2=O)cc1. The zero-order chi connectivity index (χ0) is 25.4. The van der Waals surface area contributed by atoms with Gasteiger partial charge in [0, 0.05) is 11.4 Å². The summed E-state index contributed by atoms with van der Waals surface area (Å²) in [6.07, 6.45) is 0. The van der Waals surface area contributed by atoms with Crippen LogP contribution in [-0.2, 0) is 9.59 Å². The van der Waals surface area contributed by atoms with Crippen molar-refractivity contribution in [3.8, 4) is 0 Å². The minimum absolute atomic E-state index is 0.261. The normalized spacial score (nSPS) is 14.1. The van der Waals surface area contributed by atoms with Crippen molar-refractivity contribution in [2.24, 2.45) is 0 Å². The summed E-state index contributed by atoms with van der Waals surface area (Å²) in [6, 6.07) is 18.8. The summed E-state index contributed by atoms with van der Waals surface area (Å²) in [6.45, 7) is -0.879. The number of rotatable bonds is 6. The maximum absolute atomic E-state index is 12.4. The minimum Gasteiger partial charge on any atom is -0.325 e. The number of anilines is 2. The van der Waals surface area contributed by atoms with Gasteiger partial charge in [-0.1, -0.05) is 24.3 Å². The zero-order valence-corrected chi connectivity index (χ0v) is 18.7. The first-order chi connectivity index (χ1) is 17.3. The molecule has 0 spiro atoms. The van der Waals surface area contributed by atoms with Crippen molar-refractivity contribution in [3.63, 3.8) is 0 Å². The molecule has 0 radical (unpaired) electrons. The third-order valence-corrected chi connectivity index (χ3v) is 5.81. The number of nitrogens with zero attached hydrogens (tertiary/aromatic N) is 2. The Kier molecular flexibility index (Phi) is 5.61. The number of hydrogen-bond acceptors (Lipinski definition) is 6. The Morgan fingerprint density at radius 3 is 1.06 bits per heavy atom. The van der Waals surface area contributed by atoms with E-state index in [1.165, 1.54) is 48.5 Å². The van der Waals surface area contributed by atoms with Crippen LogP contribution in [-0.4, -0.2) is 58.3 Å². The summed E-state index contributed by atoms with van der Waals surface area (Å²) in [5, 5.41) is 5.20. The van der Waals surface area contributed by atoms with E-state index in [4.69, 9.17) is 0 Å². The van der Waals surface area contributed by atoms with Crippen LogP contribution in [0.25, 0.3) is 0 Å². The van der Waals surface area contributed by atoms with Gasteiger partial charge in [-0.2, -0.15) is 0 Å². The summed E-state index contributed by atoms with van der Waals surface area (Å²) in [5.41, 5.74) is 1.81. The number of imide groups is 2. The molecule has 2 N–H and O–H groups in total. The summed E-state index contributed by atoms with van der Waals surface area (Å²) < 4.78 is 0. The fraction of sp³-hybridized carbons (Fsp3) is 0.0769. The van der Waals surface area contributed by atoms with E-state index in [9.17, 15) is 28.8 Å². The number of nitrogens with one attached hydrogen (secondary N) is 2. The van der Waals surface area contributed by atoms with Gasteiger partial charge in [-0.15, -0.1) is 0 Å². The second-order valence-electron chi connectivity index (χ2n) is 8.16. The van der Waals surface area contributed by atoms with E-state index in [1.807, 2.05) is 0 Å². The van der Waals surface area contributed by atoms with Crippen molar-refractivity contribution in [1.82, 2.24) is 9.80 Å². The molecular formula is C26H18N4O6. The van der Waals surface area contributed by atoms with Gasteiger partial charge in [-0.3, -0.25) is 38.6 Å². The van der Waals surface area contributed by atoms with Crippen molar-refractivity contribution in [1.29, 1.82) is 0 Å². The molecule has 0 fully saturated rings. The Hall–Kier alpha value is -5.12. The molecule has 0 saturated heterocycles. The lowest BCUT2D eigenvalue weighted by Gasteiger charge is -2.15. The molecule has 0 aromatic heterocycles. The Morgan fingerprint density at radius 2 is 0.778 bits per heavy atom. The Labute approximate surface area is 204 Å². The topological polar surface area (TPSA) is 133 Å². The summed E-state index contributed by atoms with van der Waals surface area (Å²) >= 11 is 0. The molecule has 0 unspecified atom stereocenters. The molecule has 3 aromatic carbocycles. The Morgan fingerprint density at radius 1 is 0.500 bits per heavy atom. The van der Waals surface area contributed by atoms with Crippen LogP contribution in [0, 0.1) is 0 Å². The molecule has 2 heterocycles. The standard InChI is InChI=1S/C26H18N4O6/c31-21(13-29-23(33)17-5-1-2-6-18(17)24(29)34)27-15-9-11-16(12-10-15)28-22(32)14-30-25(35)19-7-3-4-8-20(19)26(30)36/h1-12H,13-14H2,(H,27,31)(H,28,32). The molecule has 0 aliphatic carbocycles. The highest BCUT2D eigenvalue weighted by Crippen LogP contribution is 2.23. The summed E-state index contributed by atoms with van der Waals surface area (Å²) in [4.78, 5) is 76.3. The predicted molar refractivity (Wildman–Crippen MR) is 127 cm³/mol. The third kappa shape index (κ3) is 4.00. The molecule has 2 aliphatic rings. The molecule has 10 nitrogen and oxygen atoms in total. The van der Waals surface area contributed by atoms with E-state index < -0.39 is 48.5 Å². The molecular weight excluding hydrogens is 464 g/mol. The maximum atomic E-state index is 12.4. The quantitative estimate of drug-likeness (QED) is 0.518. The predicted octanol–water partition coefficient (Wildman–Crippen LogP) is 2.16. The zero-order valence-electron chi connectivity index (χ0n) is 18.7. The van der Waals surface area contributed by atoms with Crippen molar-refractivity contribution < 1.29 is 28.8 Å². The van der Waals surface area contributed by atoms with Gasteiger partial charge in [0.05, 0.1) is 22.3 Å². The van der Waals surface area contributed by atoms with Gasteiger partial charge < -0.3 is 10.6 Å². The first-order valence-electron chi connectivity index (χ1n) is 10.9. The molecule has 0 bridgehead atoms. The van der Waals surface area contributed by atoms with Crippen molar-refractivity contribution in [2.75, 3.05) is 23.7 Å². The summed E-state index contributed by atoms with van der Waals surface area (Å²) in [5.74, 6) is -3.23. The van der Waals surface area contributed by atoms with Gasteiger partial charge in [0.15, 0.2) is 0 Å². The van der Waals surface area contributed by atoms with Crippen molar-refractivity contribution >= 4 is 46.8 Å². The fourth-order valence-corrected chi connectivity index (χ4v) is 4.09. The maximum Gasteiger partial charge on any atom is 0.262 e. The third-order valence-electron chi connectivity index (χ3n) is 5.81. The van der Waals surface area contributed by atoms with Gasteiger partial charge in [-0.25, -0.2) is 0 Å². The molecule has 6 amide bonds. The lowest BCUT2D eigenvalue weighted by molar-refractivity contribution is -0.117. The Bertz CT molecular complexity index is 1280. The second kappa shape index (κ2) is 8.91. The number of carbonyl (C=O) groups is 6. The van der Waals surface area contributed by atoms with Crippen LogP contribution in [0.3, 0.4) is 0 Å². The molecule has 2 aliphatic heterocycles. The Balaban J connectivity index is 1.16. The first-order valence-corrected chi connectivity index (χ1v) is 10.9. The van der Waals surface area contributed by atoms with E-state index in [1.54, 1.807) is 24.3 Å². The van der Waals surface area contributed by atoms with E-state index in [0.717, 1.165) is 9.80 Å². The number of fused-ring (bicyclic) bond motifs is 2. The van der Waals surface area contributed by atoms with Gasteiger partial charge in [0.2, 0.25) is 11.8 Å². The largest absolute Gasteiger partial charge is 0.325 e. The van der Waals surface area contributed by atoms with Crippen molar-refractivity contribution in [2.45, 2.75) is 0 Å².